The molecule has 0 amide bonds. The van der Waals surface area contributed by atoms with E-state index in [0.29, 0.717) is 0 Å². The second-order valence-electron chi connectivity index (χ2n) is 6.05. The maximum Gasteiger partial charge on any atom is 0.153 e. The average Bonchev–Trinajstić information content (AvgIpc) is 3.13. The lowest BCUT2D eigenvalue weighted by Gasteiger charge is -2.29. The molecule has 4 nitrogen and oxygen atoms in total. The topological polar surface area (TPSA) is 50.9 Å². The van der Waals surface area contributed by atoms with Gasteiger partial charge in [0.15, 0.2) is 5.50 Å². The van der Waals surface area contributed by atoms with Crippen LogP contribution in [0.15, 0.2) is 48.1 Å². The van der Waals surface area contributed by atoms with Crippen molar-refractivity contribution in [2.24, 2.45) is 5.41 Å². The fourth-order valence-electron chi connectivity index (χ4n) is 1.91. The molecule has 2 aliphatic carbocycles. The Morgan fingerprint density at radius 3 is 2.15 bits per heavy atom. The van der Waals surface area contributed by atoms with Crippen molar-refractivity contribution >= 4 is 11.6 Å². The van der Waals surface area contributed by atoms with Crippen molar-refractivity contribution in [3.63, 3.8) is 0 Å². The molecule has 0 aliphatic heterocycles. The van der Waals surface area contributed by atoms with Gasteiger partial charge in [0.1, 0.15) is 12.7 Å². The highest BCUT2D eigenvalue weighted by molar-refractivity contribution is 6.19. The van der Waals surface area contributed by atoms with Crippen LogP contribution in [-0.4, -0.2) is 26.0 Å². The average molecular weight is 294 g/mol. The number of hydrogen-bond donors (Lipinski definition) is 1. The molecule has 1 aromatic heterocycles. The Hall–Kier alpha value is -1.39. The van der Waals surface area contributed by atoms with Crippen molar-refractivity contribution in [1.29, 1.82) is 0 Å². The normalized spacial score (nSPS) is 19.1. The maximum atomic E-state index is 9.81. The lowest BCUT2D eigenvalue weighted by molar-refractivity contribution is 0.0391. The van der Waals surface area contributed by atoms with Gasteiger partial charge in [-0.1, -0.05) is 56.7 Å². The molecule has 2 bridgehead atoms. The largest absolute Gasteiger partial charge is 0.389 e. The standard InChI is InChI=1S/C8H14ClN3O.C7H6/c1-8(2,3)6(13)7(9)12-5-10-4-11-12;1-2-7-4-3-6(1)5-7/h4-7,13H,1-3H3;1-4H,5H2. The number of alkyl halides is 1. The van der Waals surface area contributed by atoms with Gasteiger partial charge in [0, 0.05) is 0 Å². The van der Waals surface area contributed by atoms with E-state index in [4.69, 9.17) is 11.6 Å². The van der Waals surface area contributed by atoms with Crippen LogP contribution in [0.2, 0.25) is 0 Å². The molecule has 5 heteroatoms. The minimum Gasteiger partial charge on any atom is -0.389 e. The van der Waals surface area contributed by atoms with Gasteiger partial charge in [-0.15, -0.1) is 0 Å². The van der Waals surface area contributed by atoms with Crippen molar-refractivity contribution in [2.45, 2.75) is 38.8 Å². The predicted molar refractivity (Wildman–Crippen MR) is 80.3 cm³/mol. The highest BCUT2D eigenvalue weighted by Gasteiger charge is 2.30. The van der Waals surface area contributed by atoms with Crippen LogP contribution in [0.4, 0.5) is 0 Å². The predicted octanol–water partition coefficient (Wildman–Crippen LogP) is 3.24. The summed E-state index contributed by atoms with van der Waals surface area (Å²) < 4.78 is 1.44. The molecular weight excluding hydrogens is 274 g/mol. The summed E-state index contributed by atoms with van der Waals surface area (Å²) in [5.41, 5.74) is 2.10. The number of allylic oxidation sites excluding steroid dienone is 6. The quantitative estimate of drug-likeness (QED) is 0.852. The zero-order valence-corrected chi connectivity index (χ0v) is 12.7. The zero-order valence-electron chi connectivity index (χ0n) is 12.0. The number of aliphatic hydroxyl groups is 1. The van der Waals surface area contributed by atoms with Gasteiger partial charge >= 0.3 is 0 Å². The van der Waals surface area contributed by atoms with Crippen molar-refractivity contribution in [2.75, 3.05) is 0 Å². The van der Waals surface area contributed by atoms with E-state index in [1.54, 1.807) is 0 Å². The van der Waals surface area contributed by atoms with Gasteiger partial charge in [-0.25, -0.2) is 9.67 Å². The Bertz CT molecular complexity index is 518. The SMILES string of the molecule is C1=CC2=CC=C1C2.CC(C)(C)C(O)C(Cl)n1cncn1. The van der Waals surface area contributed by atoms with E-state index in [-0.39, 0.29) is 5.41 Å². The van der Waals surface area contributed by atoms with Crippen LogP contribution in [0.5, 0.6) is 0 Å². The number of halogens is 1. The highest BCUT2D eigenvalue weighted by atomic mass is 35.5. The first-order valence-corrected chi connectivity index (χ1v) is 7.05. The molecule has 0 saturated heterocycles. The van der Waals surface area contributed by atoms with Gasteiger partial charge in [-0.3, -0.25) is 0 Å². The summed E-state index contributed by atoms with van der Waals surface area (Å²) in [7, 11) is 0. The summed E-state index contributed by atoms with van der Waals surface area (Å²) in [5, 5.41) is 13.7. The summed E-state index contributed by atoms with van der Waals surface area (Å²) in [6.07, 6.45) is 12.1. The Morgan fingerprint density at radius 1 is 1.25 bits per heavy atom. The molecule has 0 spiro atoms. The summed E-state index contributed by atoms with van der Waals surface area (Å²) in [5.74, 6) is 0. The van der Waals surface area contributed by atoms with Gasteiger partial charge in [0.25, 0.3) is 0 Å². The van der Waals surface area contributed by atoms with Crippen LogP contribution in [0.1, 0.15) is 32.7 Å². The van der Waals surface area contributed by atoms with Crippen LogP contribution in [-0.2, 0) is 0 Å². The van der Waals surface area contributed by atoms with Crippen LogP contribution in [0.3, 0.4) is 0 Å². The van der Waals surface area contributed by atoms with E-state index < -0.39 is 11.6 Å². The third kappa shape index (κ3) is 3.58. The summed E-state index contributed by atoms with van der Waals surface area (Å²) >= 11 is 5.99. The van der Waals surface area contributed by atoms with E-state index in [1.165, 1.54) is 34.9 Å². The molecule has 2 atom stereocenters. The Kier molecular flexibility index (Phi) is 4.45. The number of fused-ring (bicyclic) bond motifs is 2. The summed E-state index contributed by atoms with van der Waals surface area (Å²) in [4.78, 5) is 3.76. The minimum absolute atomic E-state index is 0.266. The van der Waals surface area contributed by atoms with Gasteiger partial charge in [0.2, 0.25) is 0 Å². The van der Waals surface area contributed by atoms with E-state index in [1.807, 2.05) is 20.8 Å². The second kappa shape index (κ2) is 5.94. The van der Waals surface area contributed by atoms with Crippen LogP contribution in [0.25, 0.3) is 0 Å². The van der Waals surface area contributed by atoms with Crippen molar-refractivity contribution < 1.29 is 5.11 Å². The van der Waals surface area contributed by atoms with Crippen LogP contribution < -0.4 is 0 Å². The van der Waals surface area contributed by atoms with Crippen LogP contribution in [0, 0.1) is 5.41 Å². The molecule has 3 rings (SSSR count). The molecule has 0 radical (unpaired) electrons. The lowest BCUT2D eigenvalue weighted by Crippen LogP contribution is -2.33. The summed E-state index contributed by atoms with van der Waals surface area (Å²) in [6.45, 7) is 5.76. The molecule has 2 unspecified atom stereocenters. The monoisotopic (exact) mass is 293 g/mol. The number of aliphatic hydroxyl groups excluding tert-OH is 1. The molecular formula is C15H20ClN3O. The zero-order chi connectivity index (χ0) is 14.8. The third-order valence-electron chi connectivity index (χ3n) is 3.27. The Labute approximate surface area is 124 Å². The van der Waals surface area contributed by atoms with E-state index >= 15 is 0 Å². The molecule has 0 fully saturated rings. The van der Waals surface area contributed by atoms with E-state index in [2.05, 4.69) is 34.4 Å². The van der Waals surface area contributed by atoms with Crippen LogP contribution >= 0.6 is 11.6 Å². The fraction of sp³-hybridized carbons (Fsp3) is 0.467. The van der Waals surface area contributed by atoms with E-state index in [0.717, 1.165) is 0 Å². The third-order valence-corrected chi connectivity index (χ3v) is 3.71. The maximum absolute atomic E-state index is 9.81. The molecule has 2 aliphatic rings. The fourth-order valence-corrected chi connectivity index (χ4v) is 2.39. The number of nitrogens with zero attached hydrogens (tertiary/aromatic N) is 3. The highest BCUT2D eigenvalue weighted by Crippen LogP contribution is 2.30. The first-order chi connectivity index (χ1) is 9.38. The van der Waals surface area contributed by atoms with Gasteiger partial charge in [-0.2, -0.15) is 5.10 Å². The van der Waals surface area contributed by atoms with Crippen molar-refractivity contribution in [1.82, 2.24) is 14.8 Å². The van der Waals surface area contributed by atoms with Gasteiger partial charge < -0.3 is 5.11 Å². The molecule has 1 heterocycles. The molecule has 0 saturated carbocycles. The smallest absolute Gasteiger partial charge is 0.153 e. The lowest BCUT2D eigenvalue weighted by atomic mass is 9.89. The van der Waals surface area contributed by atoms with Crippen molar-refractivity contribution in [3.05, 3.63) is 48.1 Å². The Balaban J connectivity index is 0.000000173. The first-order valence-electron chi connectivity index (χ1n) is 6.62. The number of rotatable bonds is 2. The molecule has 1 aromatic rings. The molecule has 108 valence electrons. The van der Waals surface area contributed by atoms with Crippen molar-refractivity contribution in [3.8, 4) is 0 Å². The molecule has 0 aromatic carbocycles. The first kappa shape index (κ1) is 15.0. The summed E-state index contributed by atoms with van der Waals surface area (Å²) in [6, 6.07) is 0. The minimum atomic E-state index is -0.657. The van der Waals surface area contributed by atoms with Gasteiger partial charge in [-0.05, 0) is 23.0 Å². The van der Waals surface area contributed by atoms with Gasteiger partial charge in [0.05, 0.1) is 6.10 Å². The van der Waals surface area contributed by atoms with E-state index in [9.17, 15) is 5.11 Å². The second-order valence-corrected chi connectivity index (χ2v) is 6.50. The molecule has 20 heavy (non-hydrogen) atoms. The number of hydrogen-bond acceptors (Lipinski definition) is 3. The number of aromatic nitrogens is 3. The Morgan fingerprint density at radius 2 is 1.85 bits per heavy atom. The molecule has 1 N–H and O–H groups in total.